The molecule has 3 aromatic rings. The predicted molar refractivity (Wildman–Crippen MR) is 119 cm³/mol. The minimum absolute atomic E-state index is 0.0136. The first-order chi connectivity index (χ1) is 14.1. The largest absolute Gasteiger partial charge is 0.395 e. The quantitative estimate of drug-likeness (QED) is 0.614. The zero-order chi connectivity index (χ0) is 20.4. The van der Waals surface area contributed by atoms with Gasteiger partial charge >= 0.3 is 0 Å². The van der Waals surface area contributed by atoms with Crippen LogP contribution in [0.3, 0.4) is 0 Å². The number of β-amino-alcohol motifs (C(OH)–C–C–N with tert-alkyl or cyclic N) is 1. The fourth-order valence-corrected chi connectivity index (χ4v) is 4.56. The first-order valence-corrected chi connectivity index (χ1v) is 10.3. The van der Waals surface area contributed by atoms with Gasteiger partial charge in [-0.15, -0.1) is 0 Å². The van der Waals surface area contributed by atoms with Crippen molar-refractivity contribution in [2.45, 2.75) is 32.5 Å². The van der Waals surface area contributed by atoms with E-state index in [9.17, 15) is 5.11 Å². The first kappa shape index (κ1) is 19.6. The Hall–Kier alpha value is -2.70. The van der Waals surface area contributed by atoms with Gasteiger partial charge in [0.2, 0.25) is 0 Å². The van der Waals surface area contributed by atoms with Crippen LogP contribution in [-0.2, 0) is 6.54 Å². The molecular formula is C23H26N4OS. The number of aryl methyl sites for hydroxylation is 1. The highest BCUT2D eigenvalue weighted by Crippen LogP contribution is 2.40. The molecule has 1 fully saturated rings. The van der Waals surface area contributed by atoms with E-state index in [1.54, 1.807) is 0 Å². The number of aliphatic hydroxyl groups excluding tert-OH is 1. The Balaban J connectivity index is 1.75. The molecule has 5 nitrogen and oxygen atoms in total. The number of hydrogen-bond donors (Lipinski definition) is 2. The second kappa shape index (κ2) is 8.35. The molecule has 0 bridgehead atoms. The van der Waals surface area contributed by atoms with E-state index in [4.69, 9.17) is 12.2 Å². The van der Waals surface area contributed by atoms with E-state index in [1.807, 2.05) is 30.5 Å². The number of pyridine rings is 1. The number of rotatable bonds is 6. The highest BCUT2D eigenvalue weighted by atomic mass is 32.1. The van der Waals surface area contributed by atoms with E-state index < -0.39 is 0 Å². The summed E-state index contributed by atoms with van der Waals surface area (Å²) in [6.45, 7) is 5.68. The summed E-state index contributed by atoms with van der Waals surface area (Å²) in [7, 11) is 0. The third-order valence-corrected chi connectivity index (χ3v) is 6.01. The topological polar surface area (TPSA) is 53.3 Å². The summed E-state index contributed by atoms with van der Waals surface area (Å²) >= 11 is 5.62. The molecule has 150 valence electrons. The van der Waals surface area contributed by atoms with E-state index in [2.05, 4.69) is 63.9 Å². The van der Waals surface area contributed by atoms with Gasteiger partial charge in [0.25, 0.3) is 0 Å². The van der Waals surface area contributed by atoms with Crippen molar-refractivity contribution in [1.82, 2.24) is 19.8 Å². The lowest BCUT2D eigenvalue weighted by molar-refractivity contribution is 0.222. The number of nitrogens with zero attached hydrogens (tertiary/aromatic N) is 3. The molecule has 29 heavy (non-hydrogen) atoms. The van der Waals surface area contributed by atoms with E-state index in [-0.39, 0.29) is 18.7 Å². The number of aliphatic hydroxyl groups is 1. The van der Waals surface area contributed by atoms with Gasteiger partial charge in [0.1, 0.15) is 0 Å². The number of thiocarbonyl (C=S) groups is 1. The van der Waals surface area contributed by atoms with Crippen molar-refractivity contribution in [2.75, 3.05) is 13.2 Å². The Morgan fingerprint density at radius 2 is 1.86 bits per heavy atom. The third-order valence-electron chi connectivity index (χ3n) is 5.65. The van der Waals surface area contributed by atoms with Gasteiger partial charge in [-0.05, 0) is 55.4 Å². The van der Waals surface area contributed by atoms with Crippen LogP contribution in [0, 0.1) is 13.8 Å². The fraction of sp³-hybridized carbons (Fsp3) is 0.304. The number of hydrogen-bond acceptors (Lipinski definition) is 3. The van der Waals surface area contributed by atoms with Crippen LogP contribution < -0.4 is 5.32 Å². The second-order valence-electron chi connectivity index (χ2n) is 7.44. The predicted octanol–water partition coefficient (Wildman–Crippen LogP) is 3.51. The lowest BCUT2D eigenvalue weighted by Gasteiger charge is -2.27. The summed E-state index contributed by atoms with van der Waals surface area (Å²) in [6, 6.07) is 18.6. The maximum absolute atomic E-state index is 9.64. The average molecular weight is 407 g/mol. The average Bonchev–Trinajstić information content (AvgIpc) is 3.21. The summed E-state index contributed by atoms with van der Waals surface area (Å²) in [4.78, 5) is 6.66. The van der Waals surface area contributed by atoms with Crippen LogP contribution >= 0.6 is 12.2 Å². The molecule has 1 saturated heterocycles. The van der Waals surface area contributed by atoms with Crippen molar-refractivity contribution < 1.29 is 5.11 Å². The third kappa shape index (κ3) is 3.78. The number of aromatic nitrogens is 2. The van der Waals surface area contributed by atoms with Gasteiger partial charge in [0.05, 0.1) is 24.4 Å². The summed E-state index contributed by atoms with van der Waals surface area (Å²) in [6.07, 6.45) is 1.81. The van der Waals surface area contributed by atoms with E-state index in [0.29, 0.717) is 11.7 Å². The molecule has 1 aliphatic heterocycles. The molecule has 1 aromatic carbocycles. The van der Waals surface area contributed by atoms with Gasteiger partial charge < -0.3 is 19.9 Å². The monoisotopic (exact) mass is 406 g/mol. The van der Waals surface area contributed by atoms with Gasteiger partial charge in [-0.25, -0.2) is 0 Å². The number of benzene rings is 1. The van der Waals surface area contributed by atoms with Gasteiger partial charge in [-0.1, -0.05) is 36.4 Å². The normalized spacial score (nSPS) is 18.9. The Labute approximate surface area is 177 Å². The minimum atomic E-state index is -0.0547. The van der Waals surface area contributed by atoms with Crippen molar-refractivity contribution in [1.29, 1.82) is 0 Å². The zero-order valence-corrected chi connectivity index (χ0v) is 17.6. The molecule has 3 heterocycles. The molecule has 0 spiro atoms. The fourth-order valence-electron chi connectivity index (χ4n) is 4.23. The van der Waals surface area contributed by atoms with Crippen LogP contribution in [0.2, 0.25) is 0 Å². The van der Waals surface area contributed by atoms with Crippen molar-refractivity contribution in [2.24, 2.45) is 0 Å². The lowest BCUT2D eigenvalue weighted by atomic mass is 9.97. The molecule has 0 radical (unpaired) electrons. The lowest BCUT2D eigenvalue weighted by Crippen LogP contribution is -2.32. The van der Waals surface area contributed by atoms with E-state index >= 15 is 0 Å². The van der Waals surface area contributed by atoms with Crippen LogP contribution in [0.4, 0.5) is 0 Å². The number of nitrogens with one attached hydrogen (secondary N) is 1. The molecule has 0 unspecified atom stereocenters. The molecule has 2 atom stereocenters. The van der Waals surface area contributed by atoms with E-state index in [1.165, 1.54) is 22.5 Å². The molecular weight excluding hydrogens is 380 g/mol. The first-order valence-electron chi connectivity index (χ1n) is 9.89. The molecule has 0 aliphatic carbocycles. The van der Waals surface area contributed by atoms with Crippen LogP contribution in [0.25, 0.3) is 0 Å². The minimum Gasteiger partial charge on any atom is -0.395 e. The summed E-state index contributed by atoms with van der Waals surface area (Å²) in [5.74, 6) is 0. The molecule has 2 N–H and O–H groups in total. The standard InChI is InChI=1S/C23H26N4OS/c1-16-14-19(17(2)27(16)15-18-8-4-3-5-9-18)22-21(20-10-6-7-11-24-20)25-23(29)26(22)12-13-28/h3-11,14,21-22,28H,12-13,15H2,1-2H3,(H,25,29)/t21-,22-/m0/s1. The summed E-state index contributed by atoms with van der Waals surface area (Å²) in [5.41, 5.74) is 5.87. The van der Waals surface area contributed by atoms with E-state index in [0.717, 1.165) is 12.2 Å². The van der Waals surface area contributed by atoms with Crippen LogP contribution in [0.1, 0.15) is 40.3 Å². The Morgan fingerprint density at radius 1 is 1.10 bits per heavy atom. The zero-order valence-electron chi connectivity index (χ0n) is 16.7. The second-order valence-corrected chi connectivity index (χ2v) is 7.83. The summed E-state index contributed by atoms with van der Waals surface area (Å²) in [5, 5.41) is 13.7. The van der Waals surface area contributed by atoms with Crippen molar-refractivity contribution in [3.63, 3.8) is 0 Å². The van der Waals surface area contributed by atoms with Gasteiger partial charge in [0, 0.05) is 30.7 Å². The van der Waals surface area contributed by atoms with Gasteiger partial charge in [-0.2, -0.15) is 0 Å². The molecule has 0 saturated carbocycles. The molecule has 2 aromatic heterocycles. The summed E-state index contributed by atoms with van der Waals surface area (Å²) < 4.78 is 2.35. The van der Waals surface area contributed by atoms with Gasteiger partial charge in [0.15, 0.2) is 5.11 Å². The molecule has 0 amide bonds. The Morgan fingerprint density at radius 3 is 2.55 bits per heavy atom. The smallest absolute Gasteiger partial charge is 0.170 e. The van der Waals surface area contributed by atoms with Crippen molar-refractivity contribution >= 4 is 17.3 Å². The van der Waals surface area contributed by atoms with Crippen molar-refractivity contribution in [3.05, 3.63) is 89.0 Å². The van der Waals surface area contributed by atoms with Crippen molar-refractivity contribution in [3.8, 4) is 0 Å². The Kier molecular flexibility index (Phi) is 5.65. The Bertz CT molecular complexity index is 987. The maximum Gasteiger partial charge on any atom is 0.170 e. The molecule has 1 aliphatic rings. The maximum atomic E-state index is 9.64. The molecule has 4 rings (SSSR count). The SMILES string of the molecule is Cc1cc([C@H]2[C@H](c3ccccn3)NC(=S)N2CCO)c(C)n1Cc1ccccc1. The highest BCUT2D eigenvalue weighted by Gasteiger charge is 2.40. The molecule has 6 heteroatoms. The van der Waals surface area contributed by atoms with Crippen LogP contribution in [0.15, 0.2) is 60.8 Å². The van der Waals surface area contributed by atoms with Crippen LogP contribution in [0.5, 0.6) is 0 Å². The van der Waals surface area contributed by atoms with Gasteiger partial charge in [-0.3, -0.25) is 4.98 Å². The highest BCUT2D eigenvalue weighted by molar-refractivity contribution is 7.80. The van der Waals surface area contributed by atoms with Crippen LogP contribution in [-0.4, -0.2) is 37.8 Å².